The minimum absolute atomic E-state index is 0.150. The molecule has 0 aliphatic heterocycles. The minimum atomic E-state index is -3.65. The molecule has 0 atom stereocenters. The van der Waals surface area contributed by atoms with Crippen LogP contribution in [0.4, 0.5) is 5.69 Å². The summed E-state index contributed by atoms with van der Waals surface area (Å²) < 4.78 is 32.6. The quantitative estimate of drug-likeness (QED) is 0.746. The van der Waals surface area contributed by atoms with Crippen LogP contribution in [0.1, 0.15) is 36.7 Å². The van der Waals surface area contributed by atoms with Crippen molar-refractivity contribution in [3.8, 4) is 5.75 Å². The lowest BCUT2D eigenvalue weighted by molar-refractivity contribution is 0.102. The fourth-order valence-corrected chi connectivity index (χ4v) is 4.48. The molecule has 0 radical (unpaired) electrons. The van der Waals surface area contributed by atoms with Crippen molar-refractivity contribution < 1.29 is 17.9 Å². The predicted octanol–water partition coefficient (Wildman–Crippen LogP) is 3.68. The predicted molar refractivity (Wildman–Crippen MR) is 107 cm³/mol. The van der Waals surface area contributed by atoms with Crippen LogP contribution in [0.3, 0.4) is 0 Å². The molecule has 146 valence electrons. The number of nitrogens with zero attached hydrogens (tertiary/aromatic N) is 1. The summed E-state index contributed by atoms with van der Waals surface area (Å²) in [6.07, 6.45) is 0. The Morgan fingerprint density at radius 1 is 1.07 bits per heavy atom. The third kappa shape index (κ3) is 4.67. The van der Waals surface area contributed by atoms with Gasteiger partial charge in [-0.05, 0) is 43.7 Å². The number of benzene rings is 2. The van der Waals surface area contributed by atoms with Gasteiger partial charge in [0.05, 0.1) is 17.2 Å². The molecule has 27 heavy (non-hydrogen) atoms. The van der Waals surface area contributed by atoms with E-state index in [2.05, 4.69) is 5.32 Å². The average Bonchev–Trinajstić information content (AvgIpc) is 2.64. The van der Waals surface area contributed by atoms with Crippen LogP contribution in [0.15, 0.2) is 47.4 Å². The zero-order valence-corrected chi connectivity index (χ0v) is 17.0. The number of nitrogens with one attached hydrogen (secondary N) is 1. The number of ether oxygens (including phenoxy) is 1. The van der Waals surface area contributed by atoms with Crippen LogP contribution < -0.4 is 10.1 Å². The van der Waals surface area contributed by atoms with E-state index in [4.69, 9.17) is 4.74 Å². The monoisotopic (exact) mass is 390 g/mol. The molecule has 0 heterocycles. The molecule has 1 N–H and O–H groups in total. The van der Waals surface area contributed by atoms with Gasteiger partial charge in [0.15, 0.2) is 0 Å². The van der Waals surface area contributed by atoms with Crippen LogP contribution in [0.2, 0.25) is 0 Å². The highest BCUT2D eigenvalue weighted by molar-refractivity contribution is 7.89. The van der Waals surface area contributed by atoms with E-state index < -0.39 is 15.9 Å². The summed E-state index contributed by atoms with van der Waals surface area (Å²) in [4.78, 5) is 12.8. The standard InChI is InChI=1S/C20H26N2O4S/c1-5-22(6-2)27(24,25)19-14-16(13-12-15(19)4)20(23)21-17-10-8-9-11-18(17)26-7-3/h8-14H,5-7H2,1-4H3,(H,21,23). The van der Waals surface area contributed by atoms with Crippen molar-refractivity contribution in [2.45, 2.75) is 32.6 Å². The number of carbonyl (C=O) groups excluding carboxylic acids is 1. The first kappa shape index (κ1) is 20.9. The van der Waals surface area contributed by atoms with E-state index in [1.165, 1.54) is 10.4 Å². The molecule has 0 saturated heterocycles. The molecule has 2 rings (SSSR count). The maximum atomic E-state index is 12.9. The topological polar surface area (TPSA) is 75.7 Å². The van der Waals surface area contributed by atoms with Gasteiger partial charge < -0.3 is 10.1 Å². The summed E-state index contributed by atoms with van der Waals surface area (Å²) in [5.74, 6) is 0.176. The maximum Gasteiger partial charge on any atom is 0.255 e. The normalized spacial score (nSPS) is 11.4. The number of hydrogen-bond donors (Lipinski definition) is 1. The van der Waals surface area contributed by atoms with Crippen molar-refractivity contribution in [1.82, 2.24) is 4.31 Å². The molecule has 0 aromatic heterocycles. The van der Waals surface area contributed by atoms with E-state index in [9.17, 15) is 13.2 Å². The molecule has 0 spiro atoms. The Morgan fingerprint density at radius 2 is 1.74 bits per heavy atom. The second kappa shape index (κ2) is 9.01. The van der Waals surface area contributed by atoms with Gasteiger partial charge in [0.2, 0.25) is 10.0 Å². The van der Waals surface area contributed by atoms with Crippen LogP contribution in [0.25, 0.3) is 0 Å². The van der Waals surface area contributed by atoms with Crippen LogP contribution in [-0.4, -0.2) is 38.3 Å². The Kier molecular flexibility index (Phi) is 6.98. The van der Waals surface area contributed by atoms with Gasteiger partial charge in [-0.25, -0.2) is 8.42 Å². The zero-order valence-electron chi connectivity index (χ0n) is 16.2. The van der Waals surface area contributed by atoms with Crippen molar-refractivity contribution in [2.24, 2.45) is 0 Å². The molecule has 0 fully saturated rings. The fraction of sp³-hybridized carbons (Fsp3) is 0.350. The zero-order chi connectivity index (χ0) is 20.0. The third-order valence-corrected chi connectivity index (χ3v) is 6.40. The molecule has 0 aliphatic rings. The Morgan fingerprint density at radius 3 is 2.37 bits per heavy atom. The molecular weight excluding hydrogens is 364 g/mol. The summed E-state index contributed by atoms with van der Waals surface area (Å²) in [5.41, 5.74) is 1.42. The molecular formula is C20H26N2O4S. The summed E-state index contributed by atoms with van der Waals surface area (Å²) >= 11 is 0. The van der Waals surface area contributed by atoms with Gasteiger partial charge in [-0.2, -0.15) is 4.31 Å². The van der Waals surface area contributed by atoms with E-state index >= 15 is 0 Å². The van der Waals surface area contributed by atoms with E-state index in [0.29, 0.717) is 36.7 Å². The molecule has 0 bridgehead atoms. The molecule has 2 aromatic rings. The first-order valence-corrected chi connectivity index (χ1v) is 10.4. The molecule has 7 heteroatoms. The van der Waals surface area contributed by atoms with Gasteiger partial charge in [-0.3, -0.25) is 4.79 Å². The summed E-state index contributed by atoms with van der Waals surface area (Å²) in [5, 5.41) is 2.79. The number of anilines is 1. The van der Waals surface area contributed by atoms with Gasteiger partial charge in [0.1, 0.15) is 5.75 Å². The minimum Gasteiger partial charge on any atom is -0.492 e. The first-order chi connectivity index (χ1) is 12.8. The Balaban J connectivity index is 2.37. The fourth-order valence-electron chi connectivity index (χ4n) is 2.77. The van der Waals surface area contributed by atoms with Gasteiger partial charge in [-0.15, -0.1) is 0 Å². The number of sulfonamides is 1. The smallest absolute Gasteiger partial charge is 0.255 e. The second-order valence-electron chi connectivity index (χ2n) is 5.95. The number of amides is 1. The molecule has 6 nitrogen and oxygen atoms in total. The van der Waals surface area contributed by atoms with Crippen LogP contribution in [0, 0.1) is 6.92 Å². The molecule has 1 amide bonds. The third-order valence-electron chi connectivity index (χ3n) is 4.21. The summed E-state index contributed by atoms with van der Waals surface area (Å²) in [6.45, 7) is 8.39. The number of hydrogen-bond acceptors (Lipinski definition) is 4. The van der Waals surface area contributed by atoms with E-state index in [-0.39, 0.29) is 10.5 Å². The van der Waals surface area contributed by atoms with Crippen molar-refractivity contribution in [2.75, 3.05) is 25.0 Å². The number of carbonyl (C=O) groups is 1. The highest BCUT2D eigenvalue weighted by atomic mass is 32.2. The Labute approximate surface area is 161 Å². The van der Waals surface area contributed by atoms with Crippen LogP contribution in [0.5, 0.6) is 5.75 Å². The highest BCUT2D eigenvalue weighted by Gasteiger charge is 2.24. The van der Waals surface area contributed by atoms with E-state index in [0.717, 1.165) is 0 Å². The van der Waals surface area contributed by atoms with Crippen LogP contribution >= 0.6 is 0 Å². The van der Waals surface area contributed by atoms with Crippen LogP contribution in [-0.2, 0) is 10.0 Å². The molecule has 2 aromatic carbocycles. The largest absolute Gasteiger partial charge is 0.492 e. The summed E-state index contributed by atoms with van der Waals surface area (Å²) in [7, 11) is -3.65. The Hall–Kier alpha value is -2.38. The Bertz CT molecular complexity index is 906. The van der Waals surface area contributed by atoms with E-state index in [1.807, 2.05) is 13.0 Å². The lowest BCUT2D eigenvalue weighted by Gasteiger charge is -2.20. The van der Waals surface area contributed by atoms with Crippen molar-refractivity contribution >= 4 is 21.6 Å². The van der Waals surface area contributed by atoms with Gasteiger partial charge in [0.25, 0.3) is 5.91 Å². The maximum absolute atomic E-state index is 12.9. The van der Waals surface area contributed by atoms with Crippen molar-refractivity contribution in [3.05, 3.63) is 53.6 Å². The van der Waals surface area contributed by atoms with Gasteiger partial charge in [0, 0.05) is 18.7 Å². The highest BCUT2D eigenvalue weighted by Crippen LogP contribution is 2.26. The lowest BCUT2D eigenvalue weighted by Crippen LogP contribution is -2.31. The van der Waals surface area contributed by atoms with Gasteiger partial charge >= 0.3 is 0 Å². The van der Waals surface area contributed by atoms with E-state index in [1.54, 1.807) is 51.1 Å². The first-order valence-electron chi connectivity index (χ1n) is 8.99. The lowest BCUT2D eigenvalue weighted by atomic mass is 10.1. The second-order valence-corrected chi connectivity index (χ2v) is 7.86. The van der Waals surface area contributed by atoms with Crippen molar-refractivity contribution in [1.29, 1.82) is 0 Å². The number of aryl methyl sites for hydroxylation is 1. The van der Waals surface area contributed by atoms with Crippen molar-refractivity contribution in [3.63, 3.8) is 0 Å². The van der Waals surface area contributed by atoms with Gasteiger partial charge in [-0.1, -0.05) is 32.0 Å². The number of rotatable bonds is 8. The molecule has 0 saturated carbocycles. The summed E-state index contributed by atoms with van der Waals surface area (Å²) in [6, 6.07) is 11.8. The average molecular weight is 391 g/mol. The SMILES string of the molecule is CCOc1ccccc1NC(=O)c1ccc(C)c(S(=O)(=O)N(CC)CC)c1. The molecule has 0 unspecified atom stereocenters. The number of para-hydroxylation sites is 2. The molecule has 0 aliphatic carbocycles.